The molecule has 0 radical (unpaired) electrons. The highest BCUT2D eigenvalue weighted by Crippen LogP contribution is 2.28. The first kappa shape index (κ1) is 13.5. The lowest BCUT2D eigenvalue weighted by molar-refractivity contribution is 0.0239. The van der Waals surface area contributed by atoms with E-state index in [4.69, 9.17) is 0 Å². The predicted octanol–water partition coefficient (Wildman–Crippen LogP) is 1.36. The second-order valence-electron chi connectivity index (χ2n) is 5.56. The van der Waals surface area contributed by atoms with Crippen molar-refractivity contribution in [3.8, 4) is 0 Å². The first-order chi connectivity index (χ1) is 8.74. The number of anilines is 2. The summed E-state index contributed by atoms with van der Waals surface area (Å²) in [6.45, 7) is 7.33. The molecule has 0 saturated heterocycles. The zero-order chi connectivity index (χ0) is 14.3. The van der Waals surface area contributed by atoms with Gasteiger partial charge >= 0.3 is 0 Å². The summed E-state index contributed by atoms with van der Waals surface area (Å²) in [4.78, 5) is 15.8. The summed E-state index contributed by atoms with van der Waals surface area (Å²) < 4.78 is 0. The van der Waals surface area contributed by atoms with Gasteiger partial charge < -0.3 is 20.7 Å². The molecule has 0 unspecified atom stereocenters. The average Bonchev–Trinajstić information content (AvgIpc) is 2.75. The van der Waals surface area contributed by atoms with Crippen LogP contribution in [0.4, 0.5) is 11.8 Å². The maximum Gasteiger partial charge on any atom is 0.226 e. The Labute approximate surface area is 111 Å². The maximum atomic E-state index is 10.2. The van der Waals surface area contributed by atoms with Crippen LogP contribution in [-0.2, 0) is 0 Å². The zero-order valence-electron chi connectivity index (χ0n) is 11.9. The Kier molecular flexibility index (Phi) is 3.09. The molecule has 2 aromatic rings. The van der Waals surface area contributed by atoms with E-state index in [2.05, 4.69) is 30.6 Å². The number of hydrogen-bond acceptors (Lipinski definition) is 6. The van der Waals surface area contributed by atoms with Crippen LogP contribution in [0.25, 0.3) is 11.2 Å². The van der Waals surface area contributed by atoms with Crippen molar-refractivity contribution in [2.24, 2.45) is 0 Å². The molecule has 7 heteroatoms. The first-order valence-corrected chi connectivity index (χ1v) is 6.14. The van der Waals surface area contributed by atoms with E-state index in [1.807, 2.05) is 13.8 Å². The second kappa shape index (κ2) is 4.34. The predicted molar refractivity (Wildman–Crippen MR) is 75.2 cm³/mol. The minimum Gasteiger partial charge on any atom is -0.388 e. The number of imidazole rings is 1. The van der Waals surface area contributed by atoms with Gasteiger partial charge in [-0.2, -0.15) is 9.97 Å². The molecule has 0 spiro atoms. The third kappa shape index (κ3) is 2.46. The molecule has 0 bridgehead atoms. The standard InChI is InChI=1S/C12H20N6O/c1-11(2,12(3,4)19)18-9-7-8(15-6-14-7)16-10(13-5)17-9/h6,19H,1-5H3,(H3,13,14,15,16,17,18). The Hall–Kier alpha value is -1.89. The van der Waals surface area contributed by atoms with Crippen LogP contribution in [0.1, 0.15) is 27.7 Å². The summed E-state index contributed by atoms with van der Waals surface area (Å²) in [6.07, 6.45) is 1.57. The first-order valence-electron chi connectivity index (χ1n) is 6.14. The highest BCUT2D eigenvalue weighted by molar-refractivity contribution is 5.84. The number of H-pyrrole nitrogens is 1. The zero-order valence-corrected chi connectivity index (χ0v) is 11.9. The molecule has 2 heterocycles. The average molecular weight is 264 g/mol. The van der Waals surface area contributed by atoms with E-state index in [1.54, 1.807) is 27.2 Å². The number of hydrogen-bond donors (Lipinski definition) is 4. The SMILES string of the molecule is CNc1nc(NC(C)(C)C(C)(C)O)c2[nH]cnc2n1. The molecule has 4 N–H and O–H groups in total. The van der Waals surface area contributed by atoms with Gasteiger partial charge in [-0.3, -0.25) is 0 Å². The molecule has 0 aliphatic heterocycles. The lowest BCUT2D eigenvalue weighted by atomic mass is 9.86. The van der Waals surface area contributed by atoms with Crippen molar-refractivity contribution in [2.75, 3.05) is 17.7 Å². The summed E-state index contributed by atoms with van der Waals surface area (Å²) in [5.41, 5.74) is -0.182. The number of aliphatic hydroxyl groups is 1. The van der Waals surface area contributed by atoms with Crippen LogP contribution in [-0.4, -0.2) is 43.2 Å². The Morgan fingerprint density at radius 2 is 1.89 bits per heavy atom. The largest absolute Gasteiger partial charge is 0.388 e. The number of aromatic amines is 1. The maximum absolute atomic E-state index is 10.2. The summed E-state index contributed by atoms with van der Waals surface area (Å²) >= 11 is 0. The number of fused-ring (bicyclic) bond motifs is 1. The molecule has 0 aromatic carbocycles. The summed E-state index contributed by atoms with van der Waals surface area (Å²) in [5, 5.41) is 16.4. The summed E-state index contributed by atoms with van der Waals surface area (Å²) in [5.74, 6) is 1.09. The molecule has 19 heavy (non-hydrogen) atoms. The fraction of sp³-hybridized carbons (Fsp3) is 0.583. The van der Waals surface area contributed by atoms with Crippen LogP contribution in [0, 0.1) is 0 Å². The molecule has 0 aliphatic carbocycles. The molecule has 0 aliphatic rings. The van der Waals surface area contributed by atoms with Crippen LogP contribution in [0.15, 0.2) is 6.33 Å². The number of rotatable bonds is 4. The fourth-order valence-corrected chi connectivity index (χ4v) is 1.48. The van der Waals surface area contributed by atoms with Crippen molar-refractivity contribution in [2.45, 2.75) is 38.8 Å². The van der Waals surface area contributed by atoms with Gasteiger partial charge in [0, 0.05) is 7.05 Å². The molecule has 0 amide bonds. The highest BCUT2D eigenvalue weighted by Gasteiger charge is 2.35. The summed E-state index contributed by atoms with van der Waals surface area (Å²) in [6, 6.07) is 0. The van der Waals surface area contributed by atoms with Gasteiger partial charge in [-0.1, -0.05) is 0 Å². The third-order valence-electron chi connectivity index (χ3n) is 3.47. The molecule has 2 aromatic heterocycles. The van der Waals surface area contributed by atoms with E-state index < -0.39 is 11.1 Å². The fourth-order valence-electron chi connectivity index (χ4n) is 1.48. The van der Waals surface area contributed by atoms with Crippen molar-refractivity contribution in [3.63, 3.8) is 0 Å². The molecule has 2 rings (SSSR count). The molecule has 0 atom stereocenters. The number of aromatic nitrogens is 4. The Morgan fingerprint density at radius 3 is 2.47 bits per heavy atom. The monoisotopic (exact) mass is 264 g/mol. The Bertz CT molecular complexity index is 583. The van der Waals surface area contributed by atoms with Crippen LogP contribution < -0.4 is 10.6 Å². The molecule has 0 fully saturated rings. The van der Waals surface area contributed by atoms with Crippen LogP contribution >= 0.6 is 0 Å². The van der Waals surface area contributed by atoms with Gasteiger partial charge in [-0.05, 0) is 27.7 Å². The smallest absolute Gasteiger partial charge is 0.226 e. The topological polar surface area (TPSA) is 98.8 Å². The van der Waals surface area contributed by atoms with Crippen molar-refractivity contribution in [1.82, 2.24) is 19.9 Å². The van der Waals surface area contributed by atoms with Gasteiger partial charge in [-0.15, -0.1) is 0 Å². The third-order valence-corrected chi connectivity index (χ3v) is 3.47. The van der Waals surface area contributed by atoms with Crippen molar-refractivity contribution in [1.29, 1.82) is 0 Å². The van der Waals surface area contributed by atoms with E-state index in [-0.39, 0.29) is 0 Å². The van der Waals surface area contributed by atoms with Gasteiger partial charge in [0.15, 0.2) is 11.5 Å². The Morgan fingerprint density at radius 1 is 1.21 bits per heavy atom. The normalized spacial score (nSPS) is 12.7. The molecule has 104 valence electrons. The van der Waals surface area contributed by atoms with Crippen molar-refractivity contribution in [3.05, 3.63) is 6.33 Å². The van der Waals surface area contributed by atoms with Crippen molar-refractivity contribution < 1.29 is 5.11 Å². The molecule has 0 saturated carbocycles. The quantitative estimate of drug-likeness (QED) is 0.665. The second-order valence-corrected chi connectivity index (χ2v) is 5.56. The van der Waals surface area contributed by atoms with E-state index in [0.717, 1.165) is 5.52 Å². The van der Waals surface area contributed by atoms with Gasteiger partial charge in [0.1, 0.15) is 5.52 Å². The highest BCUT2D eigenvalue weighted by atomic mass is 16.3. The van der Waals surface area contributed by atoms with Gasteiger partial charge in [-0.25, -0.2) is 4.98 Å². The number of nitrogens with one attached hydrogen (secondary N) is 3. The van der Waals surface area contributed by atoms with Crippen molar-refractivity contribution >= 4 is 22.9 Å². The summed E-state index contributed by atoms with van der Waals surface area (Å²) in [7, 11) is 1.75. The minimum absolute atomic E-state index is 0.480. The van der Waals surface area contributed by atoms with E-state index in [1.165, 1.54) is 0 Å². The van der Waals surface area contributed by atoms with Crippen LogP contribution in [0.5, 0.6) is 0 Å². The minimum atomic E-state index is -0.913. The molecule has 7 nitrogen and oxygen atoms in total. The molecular weight excluding hydrogens is 244 g/mol. The van der Waals surface area contributed by atoms with Gasteiger partial charge in [0.05, 0.1) is 17.5 Å². The number of nitrogens with zero attached hydrogens (tertiary/aromatic N) is 3. The molecular formula is C12H20N6O. The van der Waals surface area contributed by atoms with Gasteiger partial charge in [0.2, 0.25) is 5.95 Å². The Balaban J connectivity index is 2.47. The lowest BCUT2D eigenvalue weighted by Gasteiger charge is -2.38. The van der Waals surface area contributed by atoms with E-state index in [0.29, 0.717) is 17.4 Å². The van der Waals surface area contributed by atoms with E-state index >= 15 is 0 Å². The van der Waals surface area contributed by atoms with Crippen LogP contribution in [0.2, 0.25) is 0 Å². The van der Waals surface area contributed by atoms with Gasteiger partial charge in [0.25, 0.3) is 0 Å². The lowest BCUT2D eigenvalue weighted by Crippen LogP contribution is -2.51. The van der Waals surface area contributed by atoms with Crippen LogP contribution in [0.3, 0.4) is 0 Å². The van der Waals surface area contributed by atoms with E-state index in [9.17, 15) is 5.11 Å².